The maximum atomic E-state index is 12.5. The van der Waals surface area contributed by atoms with E-state index in [1.165, 1.54) is 13.0 Å². The molecule has 1 amide bonds. The summed E-state index contributed by atoms with van der Waals surface area (Å²) >= 11 is 0. The summed E-state index contributed by atoms with van der Waals surface area (Å²) in [4.78, 5) is 40.0. The zero-order chi connectivity index (χ0) is 22.0. The maximum absolute atomic E-state index is 12.5. The molecule has 1 N–H and O–H groups in total. The Hall–Kier alpha value is -4.20. The highest BCUT2D eigenvalue weighted by Gasteiger charge is 2.13. The predicted molar refractivity (Wildman–Crippen MR) is 114 cm³/mol. The van der Waals surface area contributed by atoms with Gasteiger partial charge in [-0.1, -0.05) is 6.07 Å². The summed E-state index contributed by atoms with van der Waals surface area (Å²) in [5.74, 6) is -0.164. The molecule has 2 heterocycles. The number of esters is 1. The van der Waals surface area contributed by atoms with Crippen LogP contribution in [-0.2, 0) is 16.1 Å². The number of aromatic nitrogens is 1. The van der Waals surface area contributed by atoms with Crippen molar-refractivity contribution in [2.45, 2.75) is 13.5 Å². The van der Waals surface area contributed by atoms with E-state index in [1.807, 2.05) is 6.07 Å². The summed E-state index contributed by atoms with van der Waals surface area (Å²) in [5.41, 5.74) is 1.46. The molecule has 2 aromatic heterocycles. The molecule has 8 heteroatoms. The quantitative estimate of drug-likeness (QED) is 0.389. The average molecular weight is 418 g/mol. The lowest BCUT2D eigenvalue weighted by Gasteiger charge is -2.09. The Bertz CT molecular complexity index is 1380. The molecule has 0 saturated carbocycles. The summed E-state index contributed by atoms with van der Waals surface area (Å²) < 4.78 is 15.8. The molecule has 156 valence electrons. The molecule has 0 unspecified atom stereocenters. The third-order valence-electron chi connectivity index (χ3n) is 4.61. The predicted octanol–water partition coefficient (Wildman–Crippen LogP) is 3.67. The first-order valence-electron chi connectivity index (χ1n) is 9.39. The lowest BCUT2D eigenvalue weighted by atomic mass is 10.1. The van der Waals surface area contributed by atoms with Crippen LogP contribution in [0.3, 0.4) is 0 Å². The summed E-state index contributed by atoms with van der Waals surface area (Å²) in [5, 5.41) is 4.06. The first kappa shape index (κ1) is 20.1. The number of fused-ring (bicyclic) bond motifs is 2. The van der Waals surface area contributed by atoms with Crippen LogP contribution in [0.5, 0.6) is 5.75 Å². The molecule has 8 nitrogen and oxygen atoms in total. The average Bonchev–Trinajstić information content (AvgIpc) is 2.75. The van der Waals surface area contributed by atoms with E-state index in [-0.39, 0.29) is 23.8 Å². The molecule has 31 heavy (non-hydrogen) atoms. The van der Waals surface area contributed by atoms with Crippen molar-refractivity contribution in [3.8, 4) is 5.75 Å². The third kappa shape index (κ3) is 4.37. The zero-order valence-electron chi connectivity index (χ0n) is 16.8. The normalized spacial score (nSPS) is 10.8. The van der Waals surface area contributed by atoms with Crippen LogP contribution in [0, 0.1) is 0 Å². The van der Waals surface area contributed by atoms with Crippen molar-refractivity contribution in [3.63, 3.8) is 0 Å². The lowest BCUT2D eigenvalue weighted by Crippen LogP contribution is -2.10. The number of amides is 1. The van der Waals surface area contributed by atoms with Gasteiger partial charge in [0, 0.05) is 41.1 Å². The smallest absolute Gasteiger partial charge is 0.357 e. The topological polar surface area (TPSA) is 108 Å². The number of pyridine rings is 1. The fourth-order valence-electron chi connectivity index (χ4n) is 3.19. The van der Waals surface area contributed by atoms with Gasteiger partial charge in [-0.2, -0.15) is 0 Å². The SMILES string of the molecule is COc1ccc2nc(C(=O)OCc3cc(=O)oc4cc(NC(C)=O)ccc34)ccc2c1. The van der Waals surface area contributed by atoms with Crippen molar-refractivity contribution in [1.82, 2.24) is 4.98 Å². The number of carbonyl (C=O) groups is 2. The molecule has 0 bridgehead atoms. The third-order valence-corrected chi connectivity index (χ3v) is 4.61. The molecule has 0 fully saturated rings. The number of methoxy groups -OCH3 is 1. The number of hydrogen-bond donors (Lipinski definition) is 1. The van der Waals surface area contributed by atoms with Crippen LogP contribution in [0.25, 0.3) is 21.9 Å². The minimum atomic E-state index is -0.617. The number of nitrogens with zero attached hydrogens (tertiary/aromatic N) is 1. The molecule has 2 aromatic carbocycles. The Morgan fingerprint density at radius 2 is 1.90 bits per heavy atom. The second-order valence-corrected chi connectivity index (χ2v) is 6.81. The fraction of sp³-hybridized carbons (Fsp3) is 0.130. The van der Waals surface area contributed by atoms with Gasteiger partial charge in [0.15, 0.2) is 0 Å². The van der Waals surface area contributed by atoms with Crippen molar-refractivity contribution in [2.75, 3.05) is 12.4 Å². The zero-order valence-corrected chi connectivity index (χ0v) is 16.8. The monoisotopic (exact) mass is 418 g/mol. The van der Waals surface area contributed by atoms with Crippen LogP contribution in [0.1, 0.15) is 23.0 Å². The Morgan fingerprint density at radius 3 is 2.68 bits per heavy atom. The highest BCUT2D eigenvalue weighted by atomic mass is 16.5. The number of ether oxygens (including phenoxy) is 2. The van der Waals surface area contributed by atoms with Gasteiger partial charge in [0.05, 0.1) is 12.6 Å². The van der Waals surface area contributed by atoms with E-state index < -0.39 is 11.6 Å². The van der Waals surface area contributed by atoms with E-state index in [0.29, 0.717) is 27.9 Å². The van der Waals surface area contributed by atoms with Crippen molar-refractivity contribution >= 4 is 39.4 Å². The molecule has 0 saturated heterocycles. The highest BCUT2D eigenvalue weighted by Crippen LogP contribution is 2.23. The molecule has 0 aliphatic carbocycles. The first-order chi connectivity index (χ1) is 14.9. The largest absolute Gasteiger partial charge is 0.497 e. The fourth-order valence-corrected chi connectivity index (χ4v) is 3.19. The molecule has 4 aromatic rings. The second-order valence-electron chi connectivity index (χ2n) is 6.81. The molecule has 0 radical (unpaired) electrons. The number of nitrogens with one attached hydrogen (secondary N) is 1. The molecule has 0 spiro atoms. The van der Waals surface area contributed by atoms with Crippen LogP contribution < -0.4 is 15.7 Å². The Balaban J connectivity index is 1.57. The van der Waals surface area contributed by atoms with Crippen molar-refractivity contribution in [3.05, 3.63) is 76.3 Å². The molecule has 0 aliphatic rings. The standard InChI is InChI=1S/C23H18N2O6/c1-13(26)24-16-4-6-18-15(10-22(27)31-21(18)11-16)12-30-23(28)20-7-3-14-9-17(29-2)5-8-19(14)25-20/h3-11H,12H2,1-2H3,(H,24,26). The first-order valence-corrected chi connectivity index (χ1v) is 9.39. The number of benzene rings is 2. The van der Waals surface area contributed by atoms with E-state index in [1.54, 1.807) is 49.6 Å². The van der Waals surface area contributed by atoms with Gasteiger partial charge in [-0.3, -0.25) is 4.79 Å². The van der Waals surface area contributed by atoms with E-state index in [0.717, 1.165) is 5.39 Å². The van der Waals surface area contributed by atoms with Gasteiger partial charge in [-0.15, -0.1) is 0 Å². The lowest BCUT2D eigenvalue weighted by molar-refractivity contribution is -0.114. The van der Waals surface area contributed by atoms with E-state index in [2.05, 4.69) is 10.3 Å². The Labute approximate surface area is 176 Å². The minimum Gasteiger partial charge on any atom is -0.497 e. The van der Waals surface area contributed by atoms with Gasteiger partial charge in [0.1, 0.15) is 23.6 Å². The van der Waals surface area contributed by atoms with Crippen LogP contribution in [-0.4, -0.2) is 24.0 Å². The van der Waals surface area contributed by atoms with Gasteiger partial charge in [0.25, 0.3) is 0 Å². The van der Waals surface area contributed by atoms with Crippen molar-refractivity contribution < 1.29 is 23.5 Å². The number of anilines is 1. The van der Waals surface area contributed by atoms with Crippen molar-refractivity contribution in [2.24, 2.45) is 0 Å². The molecule has 4 rings (SSSR count). The second kappa shape index (κ2) is 8.27. The number of rotatable bonds is 5. The summed E-state index contributed by atoms with van der Waals surface area (Å²) in [6.45, 7) is 1.25. The molecule has 0 atom stereocenters. The van der Waals surface area contributed by atoms with Gasteiger partial charge >= 0.3 is 11.6 Å². The number of hydrogen-bond acceptors (Lipinski definition) is 7. The van der Waals surface area contributed by atoms with Crippen LogP contribution in [0.4, 0.5) is 5.69 Å². The summed E-state index contributed by atoms with van der Waals surface area (Å²) in [6.07, 6.45) is 0. The van der Waals surface area contributed by atoms with Crippen LogP contribution in [0.2, 0.25) is 0 Å². The van der Waals surface area contributed by atoms with E-state index in [9.17, 15) is 14.4 Å². The highest BCUT2D eigenvalue weighted by molar-refractivity contribution is 5.93. The van der Waals surface area contributed by atoms with E-state index in [4.69, 9.17) is 13.9 Å². The van der Waals surface area contributed by atoms with Gasteiger partial charge < -0.3 is 19.2 Å². The summed E-state index contributed by atoms with van der Waals surface area (Å²) in [6, 6.07) is 14.8. The van der Waals surface area contributed by atoms with Crippen molar-refractivity contribution in [1.29, 1.82) is 0 Å². The van der Waals surface area contributed by atoms with Crippen LogP contribution in [0.15, 0.2) is 63.8 Å². The van der Waals surface area contributed by atoms with E-state index >= 15 is 0 Å². The number of carbonyl (C=O) groups excluding carboxylic acids is 2. The summed E-state index contributed by atoms with van der Waals surface area (Å²) in [7, 11) is 1.58. The van der Waals surface area contributed by atoms with Gasteiger partial charge in [-0.05, 0) is 36.4 Å². The molecular weight excluding hydrogens is 400 g/mol. The Kier molecular flexibility index (Phi) is 5.36. The van der Waals surface area contributed by atoms with Crippen LogP contribution >= 0.6 is 0 Å². The maximum Gasteiger partial charge on any atom is 0.357 e. The molecule has 0 aliphatic heterocycles. The minimum absolute atomic E-state index is 0.136. The van der Waals surface area contributed by atoms with Gasteiger partial charge in [0.2, 0.25) is 5.91 Å². The Morgan fingerprint density at radius 1 is 1.06 bits per heavy atom. The molecular formula is C23H18N2O6. The van der Waals surface area contributed by atoms with Gasteiger partial charge in [-0.25, -0.2) is 14.6 Å².